The molecule has 38 heteroatoms. The van der Waals surface area contributed by atoms with Crippen molar-refractivity contribution in [2.24, 2.45) is 40.4 Å². The lowest BCUT2D eigenvalue weighted by Crippen LogP contribution is -2.26. The molecular weight excluding hydrogens is 1320 g/mol. The molecule has 0 aliphatic heterocycles. The lowest BCUT2D eigenvalue weighted by atomic mass is 9.99. The molecule has 12 N–H and O–H groups in total. The number of rotatable bonds is 16. The highest BCUT2D eigenvalue weighted by atomic mass is 35.5. The van der Waals surface area contributed by atoms with Gasteiger partial charge < -0.3 is 30.4 Å². The van der Waals surface area contributed by atoms with Gasteiger partial charge in [-0.15, -0.1) is 20.5 Å². The van der Waals surface area contributed by atoms with E-state index in [9.17, 15) is 81.9 Å². The number of H-pyrrole nitrogens is 4. The highest BCUT2D eigenvalue weighted by Crippen LogP contribution is 2.48. The van der Waals surface area contributed by atoms with E-state index in [1.165, 1.54) is 12.1 Å². The van der Waals surface area contributed by atoms with Gasteiger partial charge in [-0.05, 0) is 136 Å². The van der Waals surface area contributed by atoms with E-state index in [4.69, 9.17) is 23.2 Å². The number of para-hydroxylation sites is 2. The second kappa shape index (κ2) is 24.8. The molecular formula is C53H36Cl2N14O18S4. The van der Waals surface area contributed by atoms with Crippen LogP contribution >= 0.6 is 23.2 Å². The molecule has 0 unspecified atom stereocenters. The highest BCUT2D eigenvalue weighted by molar-refractivity contribution is 7.86. The van der Waals surface area contributed by atoms with Crippen LogP contribution in [0.4, 0.5) is 45.5 Å². The van der Waals surface area contributed by atoms with Crippen molar-refractivity contribution in [2.75, 3.05) is 0 Å². The average molecular weight is 1360 g/mol. The van der Waals surface area contributed by atoms with Crippen LogP contribution in [0.1, 0.15) is 31.8 Å². The molecule has 0 atom stereocenters. The highest BCUT2D eigenvalue weighted by Gasteiger charge is 2.28. The molecule has 0 amide bonds. The number of aromatic carboxylic acids is 2. The first kappa shape index (κ1) is 63.5. The van der Waals surface area contributed by atoms with Crippen LogP contribution in [-0.2, 0) is 46.9 Å². The fourth-order valence-corrected chi connectivity index (χ4v) is 11.5. The van der Waals surface area contributed by atoms with Crippen molar-refractivity contribution >= 4 is 143 Å². The Kier molecular flexibility index (Phi) is 17.3. The Morgan fingerprint density at radius 3 is 1.15 bits per heavy atom. The minimum Gasteiger partial charge on any atom is -0.505 e. The van der Waals surface area contributed by atoms with E-state index in [1.807, 2.05) is 0 Å². The van der Waals surface area contributed by atoms with Crippen molar-refractivity contribution in [1.82, 2.24) is 29.9 Å². The Labute approximate surface area is 518 Å². The number of carboxylic acid groups (broad SMARTS) is 2. The SMILES string of the molecule is O=C(O)c1cc(Cc2ccc(N=Nc3c(S(=O)(=O)O)cc4cc(S(=O)(=O)O)cc(N=c5[nH]c(Cl)nc(=Nc6ccccc6)[nH]5)c4c3O)c(C(=O)O)c2)ccc1N=Nc1c(S(=O)(=O)O)cc2cc(S(=O)(=O)O)cc(N=c3[nH]c(Cl)nc(=Nc4ccccc4)[nH]3)c2c1O. The van der Waals surface area contributed by atoms with E-state index in [2.05, 4.69) is 70.3 Å². The number of phenolic OH excluding ortho intramolecular Hbond substituents is 2. The van der Waals surface area contributed by atoms with Gasteiger partial charge in [-0.25, -0.2) is 29.6 Å². The number of phenols is 2. The van der Waals surface area contributed by atoms with Crippen molar-refractivity contribution in [2.45, 2.75) is 26.0 Å². The fourth-order valence-electron chi connectivity index (χ4n) is 8.76. The minimum absolute atomic E-state index is 0.130. The first-order chi connectivity index (χ1) is 42.9. The summed E-state index contributed by atoms with van der Waals surface area (Å²) >= 11 is 12.4. The van der Waals surface area contributed by atoms with Gasteiger partial charge in [0.15, 0.2) is 11.5 Å². The Morgan fingerprint density at radius 1 is 0.440 bits per heavy atom. The lowest BCUT2D eigenvalue weighted by molar-refractivity contribution is 0.0687. The van der Waals surface area contributed by atoms with Crippen LogP contribution in [0, 0.1) is 0 Å². The number of carboxylic acids is 2. The summed E-state index contributed by atoms with van der Waals surface area (Å²) in [5.74, 6) is -5.51. The maximum Gasteiger partial charge on any atom is 0.337 e. The van der Waals surface area contributed by atoms with Crippen LogP contribution in [-0.4, -0.2) is 114 Å². The van der Waals surface area contributed by atoms with Crippen molar-refractivity contribution in [3.8, 4) is 11.5 Å². The number of hydrogen-bond acceptors (Lipinski definition) is 22. The smallest absolute Gasteiger partial charge is 0.337 e. The van der Waals surface area contributed by atoms with E-state index in [0.29, 0.717) is 23.5 Å². The quantitative estimate of drug-likeness (QED) is 0.0318. The maximum atomic E-state index is 12.9. The van der Waals surface area contributed by atoms with Crippen molar-refractivity contribution < 1.29 is 81.9 Å². The van der Waals surface area contributed by atoms with Crippen LogP contribution in [0.5, 0.6) is 11.5 Å². The zero-order chi connectivity index (χ0) is 65.5. The number of aromatic hydroxyl groups is 2. The predicted octanol–water partition coefficient (Wildman–Crippen LogP) is 8.55. The second-order valence-corrected chi connectivity index (χ2v) is 25.1. The summed E-state index contributed by atoms with van der Waals surface area (Å²) in [4.78, 5) is 57.2. The number of carbonyl (C=O) groups is 2. The van der Waals surface area contributed by atoms with Crippen LogP contribution in [0.3, 0.4) is 0 Å². The predicted molar refractivity (Wildman–Crippen MR) is 318 cm³/mol. The molecule has 0 radical (unpaired) electrons. The van der Waals surface area contributed by atoms with Gasteiger partial charge in [-0.3, -0.25) is 28.2 Å². The zero-order valence-electron chi connectivity index (χ0n) is 44.9. The van der Waals surface area contributed by atoms with Crippen LogP contribution in [0.25, 0.3) is 21.5 Å². The summed E-state index contributed by atoms with van der Waals surface area (Å²) in [7, 11) is -21.0. The van der Waals surface area contributed by atoms with Gasteiger partial charge in [0, 0.05) is 0 Å². The Bertz CT molecular complexity index is 5250. The third-order valence-electron chi connectivity index (χ3n) is 12.6. The zero-order valence-corrected chi connectivity index (χ0v) is 49.7. The summed E-state index contributed by atoms with van der Waals surface area (Å²) in [5.41, 5.74) is -4.91. The summed E-state index contributed by atoms with van der Waals surface area (Å²) in [6.07, 6.45) is -0.236. The van der Waals surface area contributed by atoms with Crippen molar-refractivity contribution in [3.05, 3.63) is 189 Å². The van der Waals surface area contributed by atoms with Crippen LogP contribution in [0.15, 0.2) is 193 Å². The van der Waals surface area contributed by atoms with Gasteiger partial charge in [0.05, 0.1) is 54.4 Å². The molecule has 8 aromatic carbocycles. The molecule has 32 nitrogen and oxygen atoms in total. The summed E-state index contributed by atoms with van der Waals surface area (Å²) in [5, 5.41) is 57.2. The van der Waals surface area contributed by atoms with Gasteiger partial charge in [-0.1, -0.05) is 48.5 Å². The second-order valence-electron chi connectivity index (χ2n) is 18.8. The Balaban J connectivity index is 1.01. The molecule has 0 spiro atoms. The molecule has 10 rings (SSSR count). The molecule has 2 heterocycles. The van der Waals surface area contributed by atoms with E-state index in [0.717, 1.165) is 48.5 Å². The lowest BCUT2D eigenvalue weighted by Gasteiger charge is -2.12. The number of halogens is 2. The Hall–Kier alpha value is -10.5. The van der Waals surface area contributed by atoms with Crippen LogP contribution < -0.4 is 22.5 Å². The summed E-state index contributed by atoms with van der Waals surface area (Å²) < 4.78 is 142. The van der Waals surface area contributed by atoms with Crippen molar-refractivity contribution in [1.29, 1.82) is 0 Å². The normalized spacial score (nSPS) is 13.3. The number of benzene rings is 8. The van der Waals surface area contributed by atoms with Crippen molar-refractivity contribution in [3.63, 3.8) is 0 Å². The number of aromatic amines is 4. The van der Waals surface area contributed by atoms with Gasteiger partial charge >= 0.3 is 11.9 Å². The van der Waals surface area contributed by atoms with Crippen LogP contribution in [0.2, 0.25) is 10.6 Å². The van der Waals surface area contributed by atoms with E-state index in [1.54, 1.807) is 60.7 Å². The summed E-state index contributed by atoms with van der Waals surface area (Å²) in [6, 6.07) is 28.0. The molecule has 0 saturated heterocycles. The molecule has 0 saturated carbocycles. The number of nitrogens with zero attached hydrogens (tertiary/aromatic N) is 10. The topological polar surface area (TPSA) is 520 Å². The number of nitrogens with one attached hydrogen (secondary N) is 4. The number of hydrogen-bond donors (Lipinski definition) is 12. The van der Waals surface area contributed by atoms with Gasteiger partial charge in [0.2, 0.25) is 33.0 Å². The van der Waals surface area contributed by atoms with E-state index in [-0.39, 0.29) is 50.6 Å². The molecule has 0 bridgehead atoms. The fraction of sp³-hybridized carbons (Fsp3) is 0.0189. The molecule has 91 heavy (non-hydrogen) atoms. The van der Waals surface area contributed by atoms with E-state index >= 15 is 0 Å². The maximum absolute atomic E-state index is 12.9. The Morgan fingerprint density at radius 2 is 0.813 bits per heavy atom. The standard InChI is InChI=1S/C53H36Cl2N14O18S4/c54-48-60-50(56-28-7-3-1-4-8-28)64-52(62-48)58-36-22-30(88(76,77)78)18-26-20-38(90(82,83)84)42(44(70)40(26)36)68-66-34-13-11-24(16-32(34)46(72)73)15-25-12-14-35(33(17-25)47(74)75)67-69-43-39(91(85,86)87)21-27-19-31(89(79,80)81)23-37(41(27)45(43)71)59-53-63-49(55)61-51(65-53)57-29-9-5-2-6-10-29/h1-14,16-23,70-71H,15H2,(H,72,73)(H,74,75)(H,76,77,78)(H,79,80,81)(H,82,83,84)(H,85,86,87)(H2,56,58,60,62,64)(H2,57,59,61,63,65). The molecule has 0 aliphatic carbocycles. The average Bonchev–Trinajstić information content (AvgIpc) is 0.765. The first-order valence-electron chi connectivity index (χ1n) is 25.0. The van der Waals surface area contributed by atoms with Gasteiger partial charge in [0.1, 0.15) is 32.5 Å². The largest absolute Gasteiger partial charge is 0.505 e. The first-order valence-corrected chi connectivity index (χ1v) is 31.5. The molecule has 0 aliphatic rings. The van der Waals surface area contributed by atoms with Gasteiger partial charge in [0.25, 0.3) is 40.5 Å². The molecule has 0 fully saturated rings. The van der Waals surface area contributed by atoms with Gasteiger partial charge in [-0.2, -0.15) is 43.6 Å². The number of fused-ring (bicyclic) bond motifs is 2. The molecule has 464 valence electrons. The summed E-state index contributed by atoms with van der Waals surface area (Å²) in [6.45, 7) is 0. The third-order valence-corrected chi connectivity index (χ3v) is 16.4. The number of aromatic nitrogens is 6. The minimum atomic E-state index is -5.42. The van der Waals surface area contributed by atoms with E-state index < -0.39 is 150 Å². The number of azo groups is 2. The monoisotopic (exact) mass is 1350 g/mol. The molecule has 2 aromatic heterocycles. The third kappa shape index (κ3) is 14.5. The molecule has 10 aromatic rings.